The van der Waals surface area contributed by atoms with E-state index in [1.54, 1.807) is 18.3 Å². The van der Waals surface area contributed by atoms with Crippen LogP contribution in [0.15, 0.2) is 121 Å². The molecule has 5 heteroatoms. The summed E-state index contributed by atoms with van der Waals surface area (Å²) < 4.78 is 0. The summed E-state index contributed by atoms with van der Waals surface area (Å²) in [5, 5.41) is 7.29. The van der Waals surface area contributed by atoms with E-state index >= 15 is 0 Å². The van der Waals surface area contributed by atoms with Gasteiger partial charge in [-0.15, -0.1) is 0 Å². The molecule has 5 nitrogen and oxygen atoms in total. The van der Waals surface area contributed by atoms with E-state index in [9.17, 15) is 0 Å². The predicted octanol–water partition coefficient (Wildman–Crippen LogP) is 6.89. The molecule has 1 aromatic heterocycles. The Labute approximate surface area is 204 Å². The van der Waals surface area contributed by atoms with E-state index in [-0.39, 0.29) is 0 Å². The van der Waals surface area contributed by atoms with Gasteiger partial charge < -0.3 is 16.0 Å². The van der Waals surface area contributed by atoms with Gasteiger partial charge in [-0.3, -0.25) is 4.90 Å². The number of benzene rings is 1. The highest BCUT2D eigenvalue weighted by Crippen LogP contribution is 2.33. The van der Waals surface area contributed by atoms with Gasteiger partial charge >= 0.3 is 0 Å². The maximum absolute atomic E-state index is 7.29. The normalized spacial score (nSPS) is 12.7. The van der Waals surface area contributed by atoms with Gasteiger partial charge in [0, 0.05) is 36.0 Å². The van der Waals surface area contributed by atoms with E-state index in [0.29, 0.717) is 18.3 Å². The highest BCUT2D eigenvalue weighted by atomic mass is 15.2. The summed E-state index contributed by atoms with van der Waals surface area (Å²) in [6, 6.07) is 14.1. The molecular formula is C29H35N5. The molecule has 2 rings (SSSR count). The largest absolute Gasteiger partial charge is 0.385 e. The molecule has 2 aromatic rings. The highest BCUT2D eigenvalue weighted by molar-refractivity contribution is 5.72. The van der Waals surface area contributed by atoms with Crippen molar-refractivity contribution in [3.63, 3.8) is 0 Å². The second-order valence-corrected chi connectivity index (χ2v) is 7.80. The summed E-state index contributed by atoms with van der Waals surface area (Å²) in [6.45, 7) is 10.6. The Morgan fingerprint density at radius 2 is 1.91 bits per heavy atom. The van der Waals surface area contributed by atoms with Gasteiger partial charge in [-0.1, -0.05) is 69.0 Å². The first-order chi connectivity index (χ1) is 16.5. The highest BCUT2D eigenvalue weighted by Gasteiger charge is 2.17. The molecule has 1 aromatic carbocycles. The van der Waals surface area contributed by atoms with Crippen molar-refractivity contribution < 1.29 is 0 Å². The van der Waals surface area contributed by atoms with E-state index in [2.05, 4.69) is 48.5 Å². The molecule has 3 N–H and O–H groups in total. The molecule has 0 radical (unpaired) electrons. The van der Waals surface area contributed by atoms with E-state index in [1.165, 1.54) is 6.21 Å². The van der Waals surface area contributed by atoms with Crippen LogP contribution >= 0.6 is 0 Å². The number of nitrogens with one attached hydrogen (secondary N) is 1. The van der Waals surface area contributed by atoms with Crippen molar-refractivity contribution in [2.75, 3.05) is 16.3 Å². The van der Waals surface area contributed by atoms with Crippen molar-refractivity contribution in [2.45, 2.75) is 20.8 Å². The Bertz CT molecular complexity index is 1070. The third-order valence-electron chi connectivity index (χ3n) is 4.73. The van der Waals surface area contributed by atoms with Crippen molar-refractivity contribution in [3.05, 3.63) is 121 Å². The second-order valence-electron chi connectivity index (χ2n) is 7.80. The summed E-state index contributed by atoms with van der Waals surface area (Å²) in [4.78, 5) is 8.76. The lowest BCUT2D eigenvalue weighted by atomic mass is 10.1. The Balaban J connectivity index is 2.66. The summed E-state index contributed by atoms with van der Waals surface area (Å²) in [5.74, 6) is 1.76. The molecule has 1 heterocycles. The molecule has 0 fully saturated rings. The van der Waals surface area contributed by atoms with Crippen LogP contribution in [-0.2, 0) is 0 Å². The predicted molar refractivity (Wildman–Crippen MR) is 147 cm³/mol. The molecule has 0 saturated heterocycles. The maximum atomic E-state index is 7.29. The molecule has 34 heavy (non-hydrogen) atoms. The number of nitrogens with zero attached hydrogens (tertiary/aromatic N) is 3. The number of hydrogen-bond acceptors (Lipinski definition) is 5. The summed E-state index contributed by atoms with van der Waals surface area (Å²) in [5.41, 5.74) is 9.32. The average Bonchev–Trinajstić information content (AvgIpc) is 2.84. The summed E-state index contributed by atoms with van der Waals surface area (Å²) >= 11 is 0. The molecule has 0 amide bonds. The van der Waals surface area contributed by atoms with Crippen LogP contribution < -0.4 is 15.5 Å². The first-order valence-electron chi connectivity index (χ1n) is 11.4. The van der Waals surface area contributed by atoms with Crippen LogP contribution in [0.2, 0.25) is 0 Å². The molecule has 176 valence electrons. The minimum atomic E-state index is 0.334. The third kappa shape index (κ3) is 7.78. The van der Waals surface area contributed by atoms with Gasteiger partial charge in [-0.25, -0.2) is 4.98 Å². The number of aromatic nitrogens is 1. The number of pyridine rings is 1. The smallest absolute Gasteiger partial charge is 0.137 e. The van der Waals surface area contributed by atoms with Gasteiger partial charge in [-0.05, 0) is 61.4 Å². The fourth-order valence-corrected chi connectivity index (χ4v) is 3.29. The van der Waals surface area contributed by atoms with Crippen LogP contribution in [0.4, 0.5) is 17.2 Å². The maximum Gasteiger partial charge on any atom is 0.137 e. The standard InChI is InChI=1S/C29H35N5/c1-5-7-14-26(22-24(3)4)34(29-18-9-11-20-32-29)27-16-13-15-25(23-27)33(21-12-10-19-30)28(31)17-8-6-2/h5-20,22-24,30H,1,21,31H2,2-4H3/b8-6-,12-10-,14-7?,26-22+,28-17+,30-19?. The Morgan fingerprint density at radius 3 is 2.56 bits per heavy atom. The Morgan fingerprint density at radius 1 is 1.12 bits per heavy atom. The van der Waals surface area contributed by atoms with Crippen molar-refractivity contribution in [1.82, 2.24) is 4.98 Å². The number of allylic oxidation sites excluding steroid dienone is 8. The molecular weight excluding hydrogens is 418 g/mol. The Hall–Kier alpha value is -4.12. The number of anilines is 3. The topological polar surface area (TPSA) is 69.2 Å². The first kappa shape index (κ1) is 26.1. The lowest BCUT2D eigenvalue weighted by molar-refractivity contribution is 0.820. The van der Waals surface area contributed by atoms with Crippen molar-refractivity contribution in [3.8, 4) is 0 Å². The van der Waals surface area contributed by atoms with E-state index < -0.39 is 0 Å². The van der Waals surface area contributed by atoms with Crippen LogP contribution in [0.3, 0.4) is 0 Å². The molecule has 0 spiro atoms. The van der Waals surface area contributed by atoms with Crippen LogP contribution in [0, 0.1) is 11.3 Å². The quantitative estimate of drug-likeness (QED) is 0.271. The molecule has 0 saturated carbocycles. The van der Waals surface area contributed by atoms with Crippen LogP contribution in [0.5, 0.6) is 0 Å². The minimum absolute atomic E-state index is 0.334. The zero-order valence-corrected chi connectivity index (χ0v) is 20.3. The Kier molecular flexibility index (Phi) is 10.8. The van der Waals surface area contributed by atoms with E-state index in [4.69, 9.17) is 11.1 Å². The molecule has 0 aliphatic rings. The first-order valence-corrected chi connectivity index (χ1v) is 11.4. The molecule has 0 bridgehead atoms. The fraction of sp³-hybridized carbons (Fsp3) is 0.172. The molecule has 0 atom stereocenters. The van der Waals surface area contributed by atoms with Gasteiger partial charge in [-0.2, -0.15) is 0 Å². The molecule has 0 aliphatic heterocycles. The van der Waals surface area contributed by atoms with Gasteiger partial charge in [0.1, 0.15) is 11.6 Å². The van der Waals surface area contributed by atoms with Crippen LogP contribution in [0.1, 0.15) is 20.8 Å². The van der Waals surface area contributed by atoms with Gasteiger partial charge in [0.25, 0.3) is 0 Å². The van der Waals surface area contributed by atoms with Crippen molar-refractivity contribution in [2.24, 2.45) is 11.7 Å². The molecule has 0 aliphatic carbocycles. The van der Waals surface area contributed by atoms with Gasteiger partial charge in [0.2, 0.25) is 0 Å². The zero-order chi connectivity index (χ0) is 24.8. The second kappa shape index (κ2) is 14.1. The average molecular weight is 454 g/mol. The molecule has 0 unspecified atom stereocenters. The van der Waals surface area contributed by atoms with Crippen LogP contribution in [-0.4, -0.2) is 17.7 Å². The third-order valence-corrected chi connectivity index (χ3v) is 4.73. The van der Waals surface area contributed by atoms with E-state index in [1.807, 2.05) is 78.6 Å². The number of rotatable bonds is 12. The monoisotopic (exact) mass is 453 g/mol. The summed E-state index contributed by atoms with van der Waals surface area (Å²) in [7, 11) is 0. The van der Waals surface area contributed by atoms with Crippen LogP contribution in [0.25, 0.3) is 0 Å². The summed E-state index contributed by atoms with van der Waals surface area (Å²) in [6.07, 6.45) is 20.3. The number of hydrogen-bond donors (Lipinski definition) is 2. The van der Waals surface area contributed by atoms with Gasteiger partial charge in [0.15, 0.2) is 0 Å². The van der Waals surface area contributed by atoms with Crippen molar-refractivity contribution in [1.29, 1.82) is 5.41 Å². The zero-order valence-electron chi connectivity index (χ0n) is 20.3. The van der Waals surface area contributed by atoms with Crippen molar-refractivity contribution >= 4 is 23.4 Å². The lowest BCUT2D eigenvalue weighted by Gasteiger charge is -2.29. The van der Waals surface area contributed by atoms with Gasteiger partial charge in [0.05, 0.1) is 0 Å². The fourth-order valence-electron chi connectivity index (χ4n) is 3.29. The minimum Gasteiger partial charge on any atom is -0.385 e. The van der Waals surface area contributed by atoms with E-state index in [0.717, 1.165) is 22.9 Å². The number of nitrogens with two attached hydrogens (primary N) is 1. The SMILES string of the molecule is C=CC=C/C(=C\C(C)C)N(c1cccc(N(C/C=C\C=N)/C(N)=C/C=C\C)c1)c1ccccn1. The lowest BCUT2D eigenvalue weighted by Crippen LogP contribution is -2.28.